The zero-order chi connectivity index (χ0) is 23.5. The lowest BCUT2D eigenvalue weighted by Crippen LogP contribution is -2.52. The summed E-state index contributed by atoms with van der Waals surface area (Å²) in [6.07, 6.45) is 4.61. The van der Waals surface area contributed by atoms with E-state index in [0.717, 1.165) is 56.9 Å². The van der Waals surface area contributed by atoms with Gasteiger partial charge in [0.25, 0.3) is 0 Å². The third kappa shape index (κ3) is 4.80. The van der Waals surface area contributed by atoms with Gasteiger partial charge in [0.1, 0.15) is 12.1 Å². The molecule has 4 heterocycles. The predicted molar refractivity (Wildman–Crippen MR) is 129 cm³/mol. The Labute approximate surface area is 199 Å². The van der Waals surface area contributed by atoms with Crippen LogP contribution >= 0.6 is 0 Å². The van der Waals surface area contributed by atoms with Crippen LogP contribution in [-0.4, -0.2) is 70.3 Å². The molecule has 0 unspecified atom stereocenters. The molecule has 1 aromatic carbocycles. The Morgan fingerprint density at radius 3 is 2.68 bits per heavy atom. The second-order valence-electron chi connectivity index (χ2n) is 9.20. The van der Waals surface area contributed by atoms with Gasteiger partial charge in [0.2, 0.25) is 5.88 Å². The Kier molecular flexibility index (Phi) is 6.30. The highest BCUT2D eigenvalue weighted by atomic mass is 16.5. The van der Waals surface area contributed by atoms with Crippen LogP contribution in [-0.2, 0) is 4.74 Å². The van der Waals surface area contributed by atoms with Crippen molar-refractivity contribution in [3.8, 4) is 34.1 Å². The summed E-state index contributed by atoms with van der Waals surface area (Å²) in [6.45, 7) is 5.81. The lowest BCUT2D eigenvalue weighted by atomic mass is 9.91. The van der Waals surface area contributed by atoms with Crippen molar-refractivity contribution in [1.82, 2.24) is 25.5 Å². The summed E-state index contributed by atoms with van der Waals surface area (Å²) in [5.74, 6) is 1.44. The average molecular weight is 463 g/mol. The Hall–Kier alpha value is -3.30. The molecule has 2 aromatic heterocycles. The number of benzene rings is 1. The highest BCUT2D eigenvalue weighted by Gasteiger charge is 2.33. The molecular weight excluding hydrogens is 432 g/mol. The van der Waals surface area contributed by atoms with Crippen LogP contribution in [0.25, 0.3) is 22.5 Å². The fraction of sp³-hybridized carbons (Fsp3) is 0.440. The van der Waals surface area contributed by atoms with E-state index in [2.05, 4.69) is 37.3 Å². The number of hydrogen-bond acceptors (Lipinski definition) is 9. The lowest BCUT2D eigenvalue weighted by Gasteiger charge is -2.37. The summed E-state index contributed by atoms with van der Waals surface area (Å²) < 4.78 is 10.7. The van der Waals surface area contributed by atoms with E-state index in [4.69, 9.17) is 9.47 Å². The number of phenolic OH excluding ortho intramolecular Hbond substituents is 1. The normalized spacial score (nSPS) is 19.8. The number of aromatic nitrogens is 4. The molecule has 2 N–H and O–H groups in total. The van der Waals surface area contributed by atoms with Crippen LogP contribution in [0.1, 0.15) is 26.2 Å². The highest BCUT2D eigenvalue weighted by Crippen LogP contribution is 2.33. The molecule has 0 bridgehead atoms. The quantitative estimate of drug-likeness (QED) is 0.572. The number of nitrogens with one attached hydrogen (secondary N) is 1. The Bertz CT molecular complexity index is 1130. The van der Waals surface area contributed by atoms with Gasteiger partial charge in [0, 0.05) is 55.1 Å². The smallest absolute Gasteiger partial charge is 0.216 e. The minimum Gasteiger partial charge on any atom is -0.507 e. The van der Waals surface area contributed by atoms with Crippen LogP contribution in [0.3, 0.4) is 0 Å². The molecule has 34 heavy (non-hydrogen) atoms. The van der Waals surface area contributed by atoms with Gasteiger partial charge >= 0.3 is 0 Å². The van der Waals surface area contributed by atoms with Gasteiger partial charge in [-0.25, -0.2) is 9.97 Å². The van der Waals surface area contributed by atoms with Gasteiger partial charge in [-0.05, 0) is 50.5 Å². The number of nitrogens with zero attached hydrogens (tertiary/aromatic N) is 5. The van der Waals surface area contributed by atoms with Crippen molar-refractivity contribution in [3.05, 3.63) is 42.7 Å². The molecule has 0 aliphatic carbocycles. The molecule has 0 saturated carbocycles. The number of methoxy groups -OCH3 is 1. The highest BCUT2D eigenvalue weighted by molar-refractivity contribution is 5.73. The van der Waals surface area contributed by atoms with Crippen molar-refractivity contribution < 1.29 is 14.6 Å². The van der Waals surface area contributed by atoms with Gasteiger partial charge in [-0.15, -0.1) is 10.2 Å². The van der Waals surface area contributed by atoms with Crippen LogP contribution in [0.15, 0.2) is 42.7 Å². The first-order valence-electron chi connectivity index (χ1n) is 11.7. The van der Waals surface area contributed by atoms with Gasteiger partial charge in [-0.1, -0.05) is 6.07 Å². The van der Waals surface area contributed by atoms with Crippen molar-refractivity contribution in [2.75, 3.05) is 38.3 Å². The minimum absolute atomic E-state index is 0.118. The molecule has 9 heteroatoms. The summed E-state index contributed by atoms with van der Waals surface area (Å²) in [4.78, 5) is 10.5. The molecule has 178 valence electrons. The fourth-order valence-corrected chi connectivity index (χ4v) is 4.70. The first-order chi connectivity index (χ1) is 16.5. The number of ether oxygens (including phenoxy) is 2. The van der Waals surface area contributed by atoms with E-state index in [1.54, 1.807) is 19.2 Å². The van der Waals surface area contributed by atoms with E-state index < -0.39 is 0 Å². The van der Waals surface area contributed by atoms with Crippen molar-refractivity contribution in [2.45, 2.75) is 37.8 Å². The second-order valence-corrected chi connectivity index (χ2v) is 9.20. The van der Waals surface area contributed by atoms with Gasteiger partial charge in [0.05, 0.1) is 18.5 Å². The van der Waals surface area contributed by atoms with E-state index >= 15 is 0 Å². The van der Waals surface area contributed by atoms with Crippen molar-refractivity contribution in [1.29, 1.82) is 0 Å². The summed E-state index contributed by atoms with van der Waals surface area (Å²) in [5.41, 5.74) is 2.82. The second kappa shape index (κ2) is 9.52. The molecule has 0 spiro atoms. The molecule has 0 amide bonds. The van der Waals surface area contributed by atoms with Crippen molar-refractivity contribution >= 4 is 5.82 Å². The fourth-order valence-electron chi connectivity index (χ4n) is 4.70. The molecule has 3 aromatic rings. The average Bonchev–Trinajstić information content (AvgIpc) is 3.32. The predicted octanol–water partition coefficient (Wildman–Crippen LogP) is 3.05. The summed E-state index contributed by atoms with van der Waals surface area (Å²) in [6, 6.07) is 11.4. The molecule has 0 radical (unpaired) electrons. The number of anilines is 1. The van der Waals surface area contributed by atoms with E-state index in [1.165, 1.54) is 6.33 Å². The summed E-state index contributed by atoms with van der Waals surface area (Å²) in [5, 5.41) is 23.4. The molecule has 1 atom stereocenters. The van der Waals surface area contributed by atoms with E-state index in [1.807, 2.05) is 24.3 Å². The minimum atomic E-state index is 0.118. The first kappa shape index (κ1) is 22.5. The third-order valence-corrected chi connectivity index (χ3v) is 6.73. The first-order valence-corrected chi connectivity index (χ1v) is 11.7. The van der Waals surface area contributed by atoms with Crippen molar-refractivity contribution in [2.24, 2.45) is 0 Å². The molecule has 9 nitrogen and oxygen atoms in total. The van der Waals surface area contributed by atoms with E-state index in [0.29, 0.717) is 28.9 Å². The zero-order valence-electron chi connectivity index (χ0n) is 19.6. The maximum Gasteiger partial charge on any atom is 0.216 e. The van der Waals surface area contributed by atoms with Gasteiger partial charge in [-0.2, -0.15) is 0 Å². The largest absolute Gasteiger partial charge is 0.507 e. The van der Waals surface area contributed by atoms with Crippen molar-refractivity contribution in [3.63, 3.8) is 0 Å². The van der Waals surface area contributed by atoms with Crippen LogP contribution in [0.5, 0.6) is 11.6 Å². The van der Waals surface area contributed by atoms with Crippen LogP contribution in [0.2, 0.25) is 0 Å². The van der Waals surface area contributed by atoms with Gasteiger partial charge in [0.15, 0.2) is 5.82 Å². The Morgan fingerprint density at radius 2 is 1.94 bits per heavy atom. The molecule has 2 saturated heterocycles. The number of aromatic hydroxyl groups is 1. The Balaban J connectivity index is 1.26. The van der Waals surface area contributed by atoms with Crippen LogP contribution in [0, 0.1) is 0 Å². The van der Waals surface area contributed by atoms with E-state index in [-0.39, 0.29) is 11.3 Å². The number of phenols is 1. The Morgan fingerprint density at radius 1 is 1.09 bits per heavy atom. The maximum absolute atomic E-state index is 10.7. The molecule has 2 aliphatic rings. The third-order valence-electron chi connectivity index (χ3n) is 6.73. The lowest BCUT2D eigenvalue weighted by molar-refractivity contribution is 0.0415. The van der Waals surface area contributed by atoms with Gasteiger partial charge < -0.3 is 24.8 Å². The molecular formula is C25H30N6O3. The SMILES string of the molecule is COc1cc(-c2ccc(-c3ccc(N4CC[C@@H](NC5(C)CCOCC5)C4)nn3)c(O)c2)ncn1. The standard InChI is InChI=1S/C25H30N6O3/c1-25(8-11-34-12-9-25)28-18-7-10-31(15-18)23-6-5-20(29-30-23)19-4-3-17(13-22(19)32)21-14-24(33-2)27-16-26-21/h3-6,13-14,16,18,28,32H,7-12,15H2,1-2H3/t18-/m1/s1. The van der Waals surface area contributed by atoms with Gasteiger partial charge in [-0.3, -0.25) is 0 Å². The molecule has 2 fully saturated rings. The number of hydrogen-bond donors (Lipinski definition) is 2. The monoisotopic (exact) mass is 462 g/mol. The summed E-state index contributed by atoms with van der Waals surface area (Å²) in [7, 11) is 1.56. The molecule has 5 rings (SSSR count). The topological polar surface area (TPSA) is 106 Å². The van der Waals surface area contributed by atoms with Crippen LogP contribution in [0.4, 0.5) is 5.82 Å². The molecule has 2 aliphatic heterocycles. The summed E-state index contributed by atoms with van der Waals surface area (Å²) >= 11 is 0. The zero-order valence-corrected chi connectivity index (χ0v) is 19.6. The van der Waals surface area contributed by atoms with Crippen LogP contribution < -0.4 is 15.0 Å². The maximum atomic E-state index is 10.7. The van der Waals surface area contributed by atoms with E-state index in [9.17, 15) is 5.11 Å². The number of rotatable bonds is 6.